The smallest absolute Gasteiger partial charge is 0.325 e. The lowest BCUT2D eigenvalue weighted by atomic mass is 10.0. The molecule has 1 aromatic heterocycles. The predicted molar refractivity (Wildman–Crippen MR) is 85.6 cm³/mol. The zero-order valence-electron chi connectivity index (χ0n) is 12.8. The molecule has 23 heavy (non-hydrogen) atoms. The molecule has 0 saturated carbocycles. The number of pyridine rings is 1. The number of likely N-dealkylation sites (tertiary alicyclic amines) is 1. The summed E-state index contributed by atoms with van der Waals surface area (Å²) in [4.78, 5) is 28.1. The number of benzene rings is 1. The fourth-order valence-corrected chi connectivity index (χ4v) is 2.94. The number of aliphatic carboxylic acids is 1. The number of hydrogen-bond acceptors (Lipinski definition) is 5. The number of carbonyl (C=O) groups is 1. The van der Waals surface area contributed by atoms with E-state index in [4.69, 9.17) is 10.5 Å². The van der Waals surface area contributed by atoms with Crippen LogP contribution in [0.3, 0.4) is 0 Å². The molecular weight excluding hydrogens is 298 g/mol. The first-order chi connectivity index (χ1) is 10.9. The van der Waals surface area contributed by atoms with Crippen LogP contribution in [0.15, 0.2) is 29.1 Å². The van der Waals surface area contributed by atoms with Crippen LogP contribution in [0.2, 0.25) is 0 Å². The van der Waals surface area contributed by atoms with Gasteiger partial charge in [0, 0.05) is 36.1 Å². The lowest BCUT2D eigenvalue weighted by molar-refractivity contribution is -0.142. The van der Waals surface area contributed by atoms with E-state index in [1.165, 1.54) is 0 Å². The van der Waals surface area contributed by atoms with Gasteiger partial charge in [0.2, 0.25) is 0 Å². The average molecular weight is 317 g/mol. The van der Waals surface area contributed by atoms with E-state index in [2.05, 4.69) is 4.98 Å². The van der Waals surface area contributed by atoms with Gasteiger partial charge in [-0.3, -0.25) is 14.5 Å². The second-order valence-corrected chi connectivity index (χ2v) is 6.00. The minimum atomic E-state index is -1.23. The van der Waals surface area contributed by atoms with E-state index >= 15 is 0 Å². The van der Waals surface area contributed by atoms with Crippen LogP contribution in [-0.4, -0.2) is 46.7 Å². The molecule has 7 heteroatoms. The summed E-state index contributed by atoms with van der Waals surface area (Å²) in [5.41, 5.74) is 5.79. The van der Waals surface area contributed by atoms with E-state index in [9.17, 15) is 14.7 Å². The molecule has 0 aliphatic carbocycles. The topological polar surface area (TPSA) is 109 Å². The summed E-state index contributed by atoms with van der Waals surface area (Å²) in [5.74, 6) is -0.291. The Morgan fingerprint density at radius 1 is 1.48 bits per heavy atom. The van der Waals surface area contributed by atoms with Crippen LogP contribution in [-0.2, 0) is 11.3 Å². The van der Waals surface area contributed by atoms with Gasteiger partial charge in [0.15, 0.2) is 0 Å². The molecule has 1 saturated heterocycles. The van der Waals surface area contributed by atoms with Gasteiger partial charge in [0.1, 0.15) is 11.3 Å². The van der Waals surface area contributed by atoms with Crippen LogP contribution in [0.5, 0.6) is 5.75 Å². The highest BCUT2D eigenvalue weighted by Crippen LogP contribution is 2.22. The van der Waals surface area contributed by atoms with Gasteiger partial charge in [-0.05, 0) is 30.7 Å². The van der Waals surface area contributed by atoms with Crippen molar-refractivity contribution in [2.45, 2.75) is 18.5 Å². The summed E-state index contributed by atoms with van der Waals surface area (Å²) in [6.07, 6.45) is 0.377. The lowest BCUT2D eigenvalue weighted by Crippen LogP contribution is -2.50. The zero-order valence-corrected chi connectivity index (χ0v) is 12.8. The molecule has 0 amide bonds. The van der Waals surface area contributed by atoms with Crippen LogP contribution in [0.1, 0.15) is 12.0 Å². The van der Waals surface area contributed by atoms with Crippen molar-refractivity contribution in [2.75, 3.05) is 20.2 Å². The van der Waals surface area contributed by atoms with Gasteiger partial charge >= 0.3 is 5.97 Å². The number of rotatable bonds is 4. The van der Waals surface area contributed by atoms with Crippen molar-refractivity contribution < 1.29 is 14.6 Å². The highest BCUT2D eigenvalue weighted by atomic mass is 16.5. The second kappa shape index (κ2) is 5.68. The summed E-state index contributed by atoms with van der Waals surface area (Å²) >= 11 is 0. The molecule has 1 aliphatic heterocycles. The van der Waals surface area contributed by atoms with E-state index in [1.807, 2.05) is 17.0 Å². The number of ether oxygens (including phenoxy) is 1. The molecule has 122 valence electrons. The number of carboxylic acid groups (broad SMARTS) is 1. The Kier molecular flexibility index (Phi) is 3.83. The van der Waals surface area contributed by atoms with Crippen LogP contribution in [0, 0.1) is 0 Å². The number of aromatic amines is 1. The largest absolute Gasteiger partial charge is 0.497 e. The molecule has 0 unspecified atom stereocenters. The molecule has 0 radical (unpaired) electrons. The van der Waals surface area contributed by atoms with Gasteiger partial charge in [-0.25, -0.2) is 0 Å². The van der Waals surface area contributed by atoms with E-state index in [1.54, 1.807) is 19.2 Å². The number of methoxy groups -OCH3 is 1. The first-order valence-electron chi connectivity index (χ1n) is 7.36. The van der Waals surface area contributed by atoms with Crippen molar-refractivity contribution in [3.63, 3.8) is 0 Å². The summed E-state index contributed by atoms with van der Waals surface area (Å²) in [6.45, 7) is 1.16. The minimum Gasteiger partial charge on any atom is -0.497 e. The Labute approximate surface area is 132 Å². The van der Waals surface area contributed by atoms with Crippen molar-refractivity contribution in [3.05, 3.63) is 40.2 Å². The monoisotopic (exact) mass is 317 g/mol. The highest BCUT2D eigenvalue weighted by molar-refractivity contribution is 5.80. The number of fused-ring (bicyclic) bond motifs is 1. The Hall–Kier alpha value is -2.38. The molecule has 1 aromatic carbocycles. The summed E-state index contributed by atoms with van der Waals surface area (Å²) < 4.78 is 5.20. The fraction of sp³-hybridized carbons (Fsp3) is 0.375. The molecule has 2 heterocycles. The molecule has 0 spiro atoms. The van der Waals surface area contributed by atoms with Crippen LogP contribution in [0.25, 0.3) is 10.9 Å². The number of H-pyrrole nitrogens is 1. The predicted octanol–water partition coefficient (Wildman–Crippen LogP) is 0.525. The van der Waals surface area contributed by atoms with E-state index < -0.39 is 11.5 Å². The first kappa shape index (κ1) is 15.5. The minimum absolute atomic E-state index is 0.174. The maximum atomic E-state index is 12.2. The second-order valence-electron chi connectivity index (χ2n) is 6.00. The normalized spacial score (nSPS) is 21.7. The van der Waals surface area contributed by atoms with Gasteiger partial charge in [-0.15, -0.1) is 0 Å². The number of hydrogen-bond donors (Lipinski definition) is 3. The number of nitrogens with zero attached hydrogens (tertiary/aromatic N) is 1. The molecular formula is C16H19N3O4. The van der Waals surface area contributed by atoms with E-state index in [-0.39, 0.29) is 12.1 Å². The van der Waals surface area contributed by atoms with Crippen molar-refractivity contribution >= 4 is 16.9 Å². The maximum absolute atomic E-state index is 12.2. The Balaban J connectivity index is 1.87. The standard InChI is InChI=1S/C16H19N3O4/c1-23-12-2-3-13-10(7-12)6-11(14(20)18-13)8-19-5-4-16(17,9-19)15(21)22/h2-3,6-7H,4-5,8-9,17H2,1H3,(H,18,20)(H,21,22)/t16-/m1/s1. The lowest BCUT2D eigenvalue weighted by Gasteiger charge is -2.19. The molecule has 4 N–H and O–H groups in total. The number of nitrogens with two attached hydrogens (primary N) is 1. The third-order valence-electron chi connectivity index (χ3n) is 4.33. The molecule has 1 atom stereocenters. The van der Waals surface area contributed by atoms with Crippen molar-refractivity contribution in [3.8, 4) is 5.75 Å². The number of carboxylic acids is 1. The molecule has 0 bridgehead atoms. The average Bonchev–Trinajstić information content (AvgIpc) is 2.90. The summed E-state index contributed by atoms with van der Waals surface area (Å²) in [7, 11) is 1.59. The first-order valence-corrected chi connectivity index (χ1v) is 7.36. The third kappa shape index (κ3) is 2.93. The van der Waals surface area contributed by atoms with Gasteiger partial charge < -0.3 is 20.6 Å². The fourth-order valence-electron chi connectivity index (χ4n) is 2.94. The Morgan fingerprint density at radius 3 is 2.91 bits per heavy atom. The summed E-state index contributed by atoms with van der Waals surface area (Å²) in [6, 6.07) is 7.25. The molecule has 2 aromatic rings. The SMILES string of the molecule is COc1ccc2[nH]c(=O)c(CN3CC[C@](N)(C(=O)O)C3)cc2c1. The molecule has 7 nitrogen and oxygen atoms in total. The van der Waals surface area contributed by atoms with E-state index in [0.717, 1.165) is 10.9 Å². The third-order valence-corrected chi connectivity index (χ3v) is 4.33. The van der Waals surface area contributed by atoms with Crippen molar-refractivity contribution in [1.29, 1.82) is 0 Å². The van der Waals surface area contributed by atoms with Gasteiger partial charge in [-0.2, -0.15) is 0 Å². The van der Waals surface area contributed by atoms with Gasteiger partial charge in [0.05, 0.1) is 7.11 Å². The Morgan fingerprint density at radius 2 is 2.26 bits per heavy atom. The van der Waals surface area contributed by atoms with Crippen LogP contribution >= 0.6 is 0 Å². The van der Waals surface area contributed by atoms with E-state index in [0.29, 0.717) is 30.8 Å². The number of nitrogens with one attached hydrogen (secondary N) is 1. The molecule has 1 aliphatic rings. The zero-order chi connectivity index (χ0) is 16.6. The quantitative estimate of drug-likeness (QED) is 0.759. The number of aromatic nitrogens is 1. The maximum Gasteiger partial charge on any atom is 0.325 e. The van der Waals surface area contributed by atoms with Crippen LogP contribution < -0.4 is 16.0 Å². The molecule has 3 rings (SSSR count). The van der Waals surface area contributed by atoms with Crippen LogP contribution in [0.4, 0.5) is 0 Å². The Bertz CT molecular complexity index is 817. The van der Waals surface area contributed by atoms with Gasteiger partial charge in [-0.1, -0.05) is 0 Å². The molecule has 1 fully saturated rings. The van der Waals surface area contributed by atoms with Crippen molar-refractivity contribution in [1.82, 2.24) is 9.88 Å². The highest BCUT2D eigenvalue weighted by Gasteiger charge is 2.41. The van der Waals surface area contributed by atoms with Gasteiger partial charge in [0.25, 0.3) is 5.56 Å². The summed E-state index contributed by atoms with van der Waals surface area (Å²) in [5, 5.41) is 10.0. The van der Waals surface area contributed by atoms with Crippen molar-refractivity contribution in [2.24, 2.45) is 5.73 Å².